The number of carboxylic acids is 1. The summed E-state index contributed by atoms with van der Waals surface area (Å²) in [6.07, 6.45) is 2.65. The lowest BCUT2D eigenvalue weighted by atomic mass is 10.1. The summed E-state index contributed by atoms with van der Waals surface area (Å²) in [6, 6.07) is 5.79. The number of carboxylic acid groups (broad SMARTS) is 1. The van der Waals surface area contributed by atoms with Crippen LogP contribution in [0.2, 0.25) is 0 Å². The van der Waals surface area contributed by atoms with E-state index in [2.05, 4.69) is 0 Å². The zero-order valence-electron chi connectivity index (χ0n) is 14.9. The Labute approximate surface area is 148 Å². The smallest absolute Gasteiger partial charge is 0.308 e. The highest BCUT2D eigenvalue weighted by Crippen LogP contribution is 2.21. The summed E-state index contributed by atoms with van der Waals surface area (Å²) in [5.41, 5.74) is 1.53. The van der Waals surface area contributed by atoms with Gasteiger partial charge in [-0.05, 0) is 44.2 Å². The molecule has 1 unspecified atom stereocenters. The summed E-state index contributed by atoms with van der Waals surface area (Å²) in [5, 5.41) is 9.16. The lowest BCUT2D eigenvalue weighted by Gasteiger charge is -2.25. The molecular weight excluding hydrogens is 326 g/mol. The fourth-order valence-electron chi connectivity index (χ4n) is 2.32. The van der Waals surface area contributed by atoms with Crippen LogP contribution in [-0.4, -0.2) is 54.4 Å². The highest BCUT2D eigenvalue weighted by Gasteiger charge is 2.22. The normalized spacial score (nSPS) is 12.0. The van der Waals surface area contributed by atoms with Gasteiger partial charge in [0.25, 0.3) is 5.91 Å². The van der Waals surface area contributed by atoms with E-state index in [1.807, 2.05) is 38.3 Å². The molecule has 0 aliphatic heterocycles. The number of rotatable bonds is 10. The maximum Gasteiger partial charge on any atom is 0.308 e. The van der Waals surface area contributed by atoms with Crippen molar-refractivity contribution in [3.63, 3.8) is 0 Å². The first kappa shape index (κ1) is 20.5. The highest BCUT2D eigenvalue weighted by atomic mass is 32.2. The predicted octanol–water partition coefficient (Wildman–Crippen LogP) is 3.31. The van der Waals surface area contributed by atoms with E-state index in [1.54, 1.807) is 23.6 Å². The third-order valence-electron chi connectivity index (χ3n) is 3.80. The molecule has 0 aliphatic rings. The van der Waals surface area contributed by atoms with Gasteiger partial charge in [-0.15, -0.1) is 11.8 Å². The Kier molecular flexibility index (Phi) is 8.85. The molecule has 1 aromatic carbocycles. The third kappa shape index (κ3) is 6.17. The van der Waals surface area contributed by atoms with Gasteiger partial charge in [-0.25, -0.2) is 0 Å². The first-order valence-corrected chi connectivity index (χ1v) is 9.37. The van der Waals surface area contributed by atoms with Crippen LogP contribution in [0, 0.1) is 12.8 Å². The minimum Gasteiger partial charge on any atom is -0.481 e. The summed E-state index contributed by atoms with van der Waals surface area (Å²) >= 11 is 1.58. The quantitative estimate of drug-likeness (QED) is 0.516. The molecule has 1 rings (SSSR count). The first-order valence-electron chi connectivity index (χ1n) is 8.15. The average Bonchev–Trinajstić information content (AvgIpc) is 2.57. The molecule has 0 aliphatic carbocycles. The molecule has 0 spiro atoms. The SMILES string of the molecule is CCOCCCN(CC(C)C(=O)O)C(=O)c1cc(SC)ccc1C. The molecule has 0 heterocycles. The van der Waals surface area contributed by atoms with E-state index in [4.69, 9.17) is 9.84 Å². The Hall–Kier alpha value is -1.53. The van der Waals surface area contributed by atoms with Crippen molar-refractivity contribution in [2.75, 3.05) is 32.6 Å². The van der Waals surface area contributed by atoms with Gasteiger partial charge in [0.15, 0.2) is 0 Å². The summed E-state index contributed by atoms with van der Waals surface area (Å²) in [5.74, 6) is -1.62. The summed E-state index contributed by atoms with van der Waals surface area (Å²) in [7, 11) is 0. The van der Waals surface area contributed by atoms with E-state index in [1.165, 1.54) is 0 Å². The molecule has 1 atom stereocenters. The van der Waals surface area contributed by atoms with Gasteiger partial charge in [-0.3, -0.25) is 9.59 Å². The van der Waals surface area contributed by atoms with E-state index < -0.39 is 11.9 Å². The van der Waals surface area contributed by atoms with Crippen LogP contribution in [0.4, 0.5) is 0 Å². The monoisotopic (exact) mass is 353 g/mol. The Morgan fingerprint density at radius 1 is 1.38 bits per heavy atom. The Morgan fingerprint density at radius 3 is 2.67 bits per heavy atom. The van der Waals surface area contributed by atoms with Crippen LogP contribution in [0.3, 0.4) is 0 Å². The van der Waals surface area contributed by atoms with Crippen molar-refractivity contribution >= 4 is 23.6 Å². The van der Waals surface area contributed by atoms with Crippen molar-refractivity contribution in [2.24, 2.45) is 5.92 Å². The number of carbonyl (C=O) groups excluding carboxylic acids is 1. The number of thioether (sulfide) groups is 1. The zero-order valence-corrected chi connectivity index (χ0v) is 15.7. The van der Waals surface area contributed by atoms with Crippen LogP contribution in [0.15, 0.2) is 23.1 Å². The van der Waals surface area contributed by atoms with Crippen LogP contribution in [0.1, 0.15) is 36.2 Å². The minimum absolute atomic E-state index is 0.118. The van der Waals surface area contributed by atoms with Crippen molar-refractivity contribution in [2.45, 2.75) is 32.1 Å². The van der Waals surface area contributed by atoms with E-state index in [-0.39, 0.29) is 12.5 Å². The maximum absolute atomic E-state index is 12.9. The van der Waals surface area contributed by atoms with Crippen molar-refractivity contribution in [1.29, 1.82) is 0 Å². The molecule has 1 N–H and O–H groups in total. The third-order valence-corrected chi connectivity index (χ3v) is 4.52. The summed E-state index contributed by atoms with van der Waals surface area (Å²) in [6.45, 7) is 7.32. The standard InChI is InChI=1S/C18H27NO4S/c1-5-23-10-6-9-19(12-14(3)18(21)22)17(20)16-11-15(24-4)8-7-13(16)2/h7-8,11,14H,5-6,9-10,12H2,1-4H3,(H,21,22). The molecule has 6 heteroatoms. The lowest BCUT2D eigenvalue weighted by molar-refractivity contribution is -0.141. The molecule has 0 saturated heterocycles. The lowest BCUT2D eigenvalue weighted by Crippen LogP contribution is -2.38. The van der Waals surface area contributed by atoms with Crippen molar-refractivity contribution < 1.29 is 19.4 Å². The van der Waals surface area contributed by atoms with Gasteiger partial charge < -0.3 is 14.7 Å². The topological polar surface area (TPSA) is 66.8 Å². The van der Waals surface area contributed by atoms with Crippen LogP contribution < -0.4 is 0 Å². The molecular formula is C18H27NO4S. The van der Waals surface area contributed by atoms with Gasteiger partial charge in [-0.1, -0.05) is 13.0 Å². The number of benzene rings is 1. The first-order chi connectivity index (χ1) is 11.4. The van der Waals surface area contributed by atoms with Gasteiger partial charge in [0, 0.05) is 36.8 Å². The highest BCUT2D eigenvalue weighted by molar-refractivity contribution is 7.98. The van der Waals surface area contributed by atoms with E-state index in [0.29, 0.717) is 31.7 Å². The second kappa shape index (κ2) is 10.4. The van der Waals surface area contributed by atoms with Crippen LogP contribution in [-0.2, 0) is 9.53 Å². The van der Waals surface area contributed by atoms with Crippen LogP contribution >= 0.6 is 11.8 Å². The van der Waals surface area contributed by atoms with Gasteiger partial charge in [-0.2, -0.15) is 0 Å². The van der Waals surface area contributed by atoms with E-state index in [9.17, 15) is 9.59 Å². The van der Waals surface area contributed by atoms with Gasteiger partial charge in [0.1, 0.15) is 0 Å². The molecule has 0 bridgehead atoms. The Balaban J connectivity index is 2.94. The molecule has 0 radical (unpaired) electrons. The summed E-state index contributed by atoms with van der Waals surface area (Å²) < 4.78 is 5.32. The number of ether oxygens (including phenoxy) is 1. The number of nitrogens with zero attached hydrogens (tertiary/aromatic N) is 1. The molecule has 1 amide bonds. The fraction of sp³-hybridized carbons (Fsp3) is 0.556. The molecule has 0 aromatic heterocycles. The van der Waals surface area contributed by atoms with Crippen molar-refractivity contribution in [1.82, 2.24) is 4.90 Å². The Morgan fingerprint density at radius 2 is 2.08 bits per heavy atom. The second-order valence-electron chi connectivity index (χ2n) is 5.72. The molecule has 134 valence electrons. The zero-order chi connectivity index (χ0) is 18.1. The maximum atomic E-state index is 12.9. The molecule has 24 heavy (non-hydrogen) atoms. The largest absolute Gasteiger partial charge is 0.481 e. The van der Waals surface area contributed by atoms with E-state index >= 15 is 0 Å². The number of aliphatic carboxylic acids is 1. The number of aryl methyl sites for hydroxylation is 1. The molecule has 1 aromatic rings. The van der Waals surface area contributed by atoms with E-state index in [0.717, 1.165) is 10.5 Å². The van der Waals surface area contributed by atoms with Crippen molar-refractivity contribution in [3.8, 4) is 0 Å². The number of hydrogen-bond acceptors (Lipinski definition) is 4. The van der Waals surface area contributed by atoms with Crippen LogP contribution in [0.5, 0.6) is 0 Å². The van der Waals surface area contributed by atoms with Gasteiger partial charge >= 0.3 is 5.97 Å². The predicted molar refractivity (Wildman–Crippen MR) is 96.8 cm³/mol. The molecule has 5 nitrogen and oxygen atoms in total. The number of amides is 1. The second-order valence-corrected chi connectivity index (χ2v) is 6.60. The number of hydrogen-bond donors (Lipinski definition) is 1. The van der Waals surface area contributed by atoms with Crippen molar-refractivity contribution in [3.05, 3.63) is 29.3 Å². The molecule has 0 saturated carbocycles. The molecule has 0 fully saturated rings. The average molecular weight is 353 g/mol. The van der Waals surface area contributed by atoms with Crippen LogP contribution in [0.25, 0.3) is 0 Å². The summed E-state index contributed by atoms with van der Waals surface area (Å²) in [4.78, 5) is 26.8. The fourth-order valence-corrected chi connectivity index (χ4v) is 2.75. The minimum atomic E-state index is -0.896. The number of carbonyl (C=O) groups is 2. The van der Waals surface area contributed by atoms with Gasteiger partial charge in [0.05, 0.1) is 5.92 Å². The Bertz CT molecular complexity index is 562. The van der Waals surface area contributed by atoms with Gasteiger partial charge in [0.2, 0.25) is 0 Å².